The number of rotatable bonds is 5. The Kier molecular flexibility index (Phi) is 6.90. The summed E-state index contributed by atoms with van der Waals surface area (Å²) in [4.78, 5) is 26.7. The van der Waals surface area contributed by atoms with Gasteiger partial charge in [-0.3, -0.25) is 9.59 Å². The summed E-state index contributed by atoms with van der Waals surface area (Å²) in [6.07, 6.45) is 0.419. The predicted octanol–water partition coefficient (Wildman–Crippen LogP) is 4.16. The Morgan fingerprint density at radius 2 is 1.63 bits per heavy atom. The van der Waals surface area contributed by atoms with Crippen molar-refractivity contribution in [1.29, 1.82) is 0 Å². The summed E-state index contributed by atoms with van der Waals surface area (Å²) in [7, 11) is 0. The molecule has 0 spiro atoms. The summed E-state index contributed by atoms with van der Waals surface area (Å²) in [5.74, 6) is 0.460. The molecule has 0 aliphatic rings. The average Bonchev–Trinajstić information content (AvgIpc) is 2.86. The van der Waals surface area contributed by atoms with Crippen LogP contribution in [-0.4, -0.2) is 39.6 Å². The van der Waals surface area contributed by atoms with E-state index in [0.29, 0.717) is 18.8 Å². The number of hydrogen-bond donors (Lipinski definition) is 1. The van der Waals surface area contributed by atoms with Crippen LogP contribution in [0.4, 0.5) is 5.82 Å². The standard InChI is InChI=1S/C21H38N4O2/c1-11-24(18(27)13-19(2,3)4)14-17(26)22-16-12-15(20(5,6)7)23-25(16)21(8,9)10/h12H,11,13-14H2,1-10H3,(H,22,26). The van der Waals surface area contributed by atoms with Crippen molar-refractivity contribution in [1.82, 2.24) is 14.7 Å². The Bertz CT molecular complexity index is 670. The molecule has 0 unspecified atom stereocenters. The van der Waals surface area contributed by atoms with E-state index in [9.17, 15) is 9.59 Å². The third kappa shape index (κ3) is 7.00. The second-order valence-corrected chi connectivity index (χ2v) is 10.4. The molecule has 0 saturated carbocycles. The number of nitrogens with one attached hydrogen (secondary N) is 1. The molecule has 0 bridgehead atoms. The first-order chi connectivity index (χ1) is 12.0. The summed E-state index contributed by atoms with van der Waals surface area (Å²) in [6, 6.07) is 1.93. The summed E-state index contributed by atoms with van der Waals surface area (Å²) in [5.41, 5.74) is 0.434. The highest BCUT2D eigenvalue weighted by Gasteiger charge is 2.27. The van der Waals surface area contributed by atoms with Gasteiger partial charge in [0, 0.05) is 24.4 Å². The normalized spacial score (nSPS) is 12.8. The van der Waals surface area contributed by atoms with Gasteiger partial charge in [0.25, 0.3) is 0 Å². The maximum Gasteiger partial charge on any atom is 0.245 e. The van der Waals surface area contributed by atoms with Gasteiger partial charge in [0.2, 0.25) is 11.8 Å². The average molecular weight is 379 g/mol. The van der Waals surface area contributed by atoms with Crippen LogP contribution in [0.15, 0.2) is 6.07 Å². The van der Waals surface area contributed by atoms with Crippen LogP contribution >= 0.6 is 0 Å². The van der Waals surface area contributed by atoms with Gasteiger partial charge < -0.3 is 10.2 Å². The topological polar surface area (TPSA) is 67.2 Å². The molecular weight excluding hydrogens is 340 g/mol. The second kappa shape index (κ2) is 8.03. The zero-order valence-electron chi connectivity index (χ0n) is 18.9. The van der Waals surface area contributed by atoms with Crippen molar-refractivity contribution in [2.45, 2.75) is 86.6 Å². The van der Waals surface area contributed by atoms with Crippen LogP contribution in [-0.2, 0) is 20.5 Å². The Morgan fingerprint density at radius 3 is 2.04 bits per heavy atom. The molecule has 0 radical (unpaired) electrons. The van der Waals surface area contributed by atoms with Crippen molar-refractivity contribution in [2.75, 3.05) is 18.4 Å². The minimum atomic E-state index is -0.265. The van der Waals surface area contributed by atoms with Crippen molar-refractivity contribution < 1.29 is 9.59 Å². The highest BCUT2D eigenvalue weighted by Crippen LogP contribution is 2.28. The molecule has 0 aromatic carbocycles. The van der Waals surface area contributed by atoms with Crippen LogP contribution in [0, 0.1) is 5.41 Å². The van der Waals surface area contributed by atoms with E-state index < -0.39 is 0 Å². The fourth-order valence-corrected chi connectivity index (χ4v) is 2.65. The first kappa shape index (κ1) is 23.2. The second-order valence-electron chi connectivity index (χ2n) is 10.4. The maximum atomic E-state index is 12.6. The Morgan fingerprint density at radius 1 is 1.07 bits per heavy atom. The molecule has 154 valence electrons. The van der Waals surface area contributed by atoms with Gasteiger partial charge in [-0.25, -0.2) is 4.68 Å². The van der Waals surface area contributed by atoms with E-state index >= 15 is 0 Å². The molecule has 6 heteroatoms. The number of amides is 2. The third-order valence-electron chi connectivity index (χ3n) is 4.13. The molecule has 27 heavy (non-hydrogen) atoms. The van der Waals surface area contributed by atoms with Crippen molar-refractivity contribution >= 4 is 17.6 Å². The van der Waals surface area contributed by atoms with Gasteiger partial charge in [0.1, 0.15) is 5.82 Å². The van der Waals surface area contributed by atoms with E-state index in [0.717, 1.165) is 5.69 Å². The molecule has 0 aliphatic heterocycles. The number of carbonyl (C=O) groups excluding carboxylic acids is 2. The maximum absolute atomic E-state index is 12.6. The lowest BCUT2D eigenvalue weighted by Crippen LogP contribution is -2.39. The number of nitrogens with zero attached hydrogens (tertiary/aromatic N) is 3. The van der Waals surface area contributed by atoms with Gasteiger partial charge in [-0.15, -0.1) is 0 Å². The van der Waals surface area contributed by atoms with Crippen LogP contribution in [0.25, 0.3) is 0 Å². The summed E-state index contributed by atoms with van der Waals surface area (Å²) >= 11 is 0. The van der Waals surface area contributed by atoms with Gasteiger partial charge in [-0.1, -0.05) is 41.5 Å². The fraction of sp³-hybridized carbons (Fsp3) is 0.762. The zero-order chi connectivity index (χ0) is 21.2. The molecule has 0 atom stereocenters. The first-order valence-corrected chi connectivity index (χ1v) is 9.73. The van der Waals surface area contributed by atoms with Crippen LogP contribution in [0.1, 0.15) is 81.4 Å². The molecule has 0 aliphatic carbocycles. The van der Waals surface area contributed by atoms with E-state index in [2.05, 4.69) is 26.1 Å². The molecule has 1 rings (SSSR count). The van der Waals surface area contributed by atoms with Gasteiger partial charge in [-0.05, 0) is 33.1 Å². The molecule has 2 amide bonds. The van der Waals surface area contributed by atoms with Crippen molar-refractivity contribution in [3.05, 3.63) is 11.8 Å². The van der Waals surface area contributed by atoms with E-state index in [-0.39, 0.29) is 34.7 Å². The predicted molar refractivity (Wildman–Crippen MR) is 111 cm³/mol. The monoisotopic (exact) mass is 378 g/mol. The zero-order valence-corrected chi connectivity index (χ0v) is 18.9. The lowest BCUT2D eigenvalue weighted by Gasteiger charge is -2.26. The molecule has 0 saturated heterocycles. The van der Waals surface area contributed by atoms with Crippen LogP contribution < -0.4 is 5.32 Å². The Balaban J connectivity index is 2.98. The van der Waals surface area contributed by atoms with E-state index in [4.69, 9.17) is 5.10 Å². The van der Waals surface area contributed by atoms with Crippen LogP contribution in [0.2, 0.25) is 0 Å². The minimum absolute atomic E-state index is 0.000130. The Labute approximate surface area is 164 Å². The molecule has 1 heterocycles. The van der Waals surface area contributed by atoms with E-state index in [1.165, 1.54) is 0 Å². The summed E-state index contributed by atoms with van der Waals surface area (Å²) in [5, 5.41) is 7.67. The summed E-state index contributed by atoms with van der Waals surface area (Å²) < 4.78 is 1.85. The fourth-order valence-electron chi connectivity index (χ4n) is 2.65. The minimum Gasteiger partial charge on any atom is -0.334 e. The van der Waals surface area contributed by atoms with E-state index in [1.54, 1.807) is 4.90 Å². The molecule has 0 fully saturated rings. The SMILES string of the molecule is CCN(CC(=O)Nc1cc(C(C)(C)C)nn1C(C)(C)C)C(=O)CC(C)(C)C. The smallest absolute Gasteiger partial charge is 0.245 e. The molecule has 1 N–H and O–H groups in total. The molecule has 1 aromatic rings. The number of carbonyl (C=O) groups is 2. The lowest BCUT2D eigenvalue weighted by atomic mass is 9.91. The first-order valence-electron chi connectivity index (χ1n) is 9.73. The van der Waals surface area contributed by atoms with Crippen molar-refractivity contribution in [3.8, 4) is 0 Å². The van der Waals surface area contributed by atoms with E-state index in [1.807, 2.05) is 59.2 Å². The number of likely N-dealkylation sites (N-methyl/N-ethyl adjacent to an activating group) is 1. The number of hydrogen-bond acceptors (Lipinski definition) is 3. The van der Waals surface area contributed by atoms with Gasteiger partial charge in [0.15, 0.2) is 0 Å². The Hall–Kier alpha value is -1.85. The number of aromatic nitrogens is 2. The molecule has 6 nitrogen and oxygen atoms in total. The quantitative estimate of drug-likeness (QED) is 0.836. The van der Waals surface area contributed by atoms with Crippen LogP contribution in [0.5, 0.6) is 0 Å². The number of anilines is 1. The highest BCUT2D eigenvalue weighted by molar-refractivity contribution is 5.94. The molecular formula is C21H38N4O2. The van der Waals surface area contributed by atoms with Gasteiger partial charge >= 0.3 is 0 Å². The molecule has 1 aromatic heterocycles. The van der Waals surface area contributed by atoms with Gasteiger partial charge in [-0.2, -0.15) is 5.10 Å². The van der Waals surface area contributed by atoms with Crippen molar-refractivity contribution in [2.24, 2.45) is 5.41 Å². The largest absolute Gasteiger partial charge is 0.334 e. The lowest BCUT2D eigenvalue weighted by molar-refractivity contribution is -0.136. The summed E-state index contributed by atoms with van der Waals surface area (Å²) in [6.45, 7) is 20.9. The highest BCUT2D eigenvalue weighted by atomic mass is 16.2. The van der Waals surface area contributed by atoms with Crippen LogP contribution in [0.3, 0.4) is 0 Å². The van der Waals surface area contributed by atoms with Crippen molar-refractivity contribution in [3.63, 3.8) is 0 Å². The third-order valence-corrected chi connectivity index (χ3v) is 4.13. The van der Waals surface area contributed by atoms with Gasteiger partial charge in [0.05, 0.1) is 17.8 Å².